The second-order valence-electron chi connectivity index (χ2n) is 5.53. The molecule has 2 aliphatic rings. The summed E-state index contributed by atoms with van der Waals surface area (Å²) in [5.74, 6) is -0.346. The van der Waals surface area contributed by atoms with Crippen LogP contribution in [-0.2, 0) is 5.54 Å². The molecular formula is C17H12BrNO2. The smallest absolute Gasteiger partial charge is 0.262 e. The Morgan fingerprint density at radius 2 is 1.52 bits per heavy atom. The van der Waals surface area contributed by atoms with Crippen LogP contribution in [0.5, 0.6) is 0 Å². The number of hydrogen-bond donors (Lipinski definition) is 0. The highest BCUT2D eigenvalue weighted by Gasteiger charge is 2.57. The van der Waals surface area contributed by atoms with E-state index in [2.05, 4.69) is 15.9 Å². The van der Waals surface area contributed by atoms with E-state index in [1.807, 2.05) is 24.3 Å². The van der Waals surface area contributed by atoms with Gasteiger partial charge in [-0.3, -0.25) is 14.5 Å². The zero-order valence-corrected chi connectivity index (χ0v) is 12.8. The van der Waals surface area contributed by atoms with E-state index in [1.54, 1.807) is 24.3 Å². The first-order valence-corrected chi connectivity index (χ1v) is 7.67. The van der Waals surface area contributed by atoms with E-state index in [-0.39, 0.29) is 11.8 Å². The van der Waals surface area contributed by atoms with Gasteiger partial charge in [0.1, 0.15) is 0 Å². The van der Waals surface area contributed by atoms with Gasteiger partial charge in [-0.05, 0) is 42.7 Å². The minimum absolute atomic E-state index is 0.173. The van der Waals surface area contributed by atoms with Gasteiger partial charge in [-0.1, -0.05) is 40.2 Å². The molecule has 1 aliphatic carbocycles. The number of fused-ring (bicyclic) bond motifs is 1. The highest BCUT2D eigenvalue weighted by atomic mass is 79.9. The lowest BCUT2D eigenvalue weighted by atomic mass is 10.0. The fourth-order valence-electron chi connectivity index (χ4n) is 3.12. The number of nitrogens with zero attached hydrogens (tertiary/aromatic N) is 1. The molecule has 4 heteroatoms. The number of rotatable bonds is 2. The number of amides is 2. The average Bonchev–Trinajstić information content (AvgIpc) is 3.24. The van der Waals surface area contributed by atoms with Crippen LogP contribution < -0.4 is 0 Å². The molecule has 0 radical (unpaired) electrons. The Morgan fingerprint density at radius 3 is 2.05 bits per heavy atom. The minimum atomic E-state index is -0.461. The Bertz CT molecular complexity index is 745. The zero-order valence-electron chi connectivity index (χ0n) is 11.2. The van der Waals surface area contributed by atoms with Gasteiger partial charge in [-0.2, -0.15) is 0 Å². The van der Waals surface area contributed by atoms with Gasteiger partial charge >= 0.3 is 0 Å². The van der Waals surface area contributed by atoms with Crippen molar-refractivity contribution >= 4 is 27.7 Å². The Kier molecular flexibility index (Phi) is 2.60. The summed E-state index contributed by atoms with van der Waals surface area (Å²) in [6.07, 6.45) is 1.66. The summed E-state index contributed by atoms with van der Waals surface area (Å²) < 4.78 is 0.961. The molecule has 1 saturated carbocycles. The molecule has 0 unspecified atom stereocenters. The Hall–Kier alpha value is -1.94. The number of halogens is 1. The minimum Gasteiger partial charge on any atom is -0.269 e. The van der Waals surface area contributed by atoms with Crippen molar-refractivity contribution in [3.8, 4) is 0 Å². The first-order chi connectivity index (χ1) is 10.1. The van der Waals surface area contributed by atoms with Gasteiger partial charge in [-0.15, -0.1) is 0 Å². The van der Waals surface area contributed by atoms with Crippen LogP contribution >= 0.6 is 15.9 Å². The standard InChI is InChI=1S/C17H12BrNO2/c18-12-5-3-4-11(10-12)17(8-9-17)19-15(20)13-6-1-2-7-14(13)16(19)21/h1-7,10H,8-9H2. The topological polar surface area (TPSA) is 37.4 Å². The van der Waals surface area contributed by atoms with Gasteiger partial charge in [0.25, 0.3) is 11.8 Å². The van der Waals surface area contributed by atoms with Gasteiger partial charge < -0.3 is 0 Å². The Labute approximate surface area is 130 Å². The molecule has 1 fully saturated rings. The van der Waals surface area contributed by atoms with E-state index in [0.29, 0.717) is 11.1 Å². The monoisotopic (exact) mass is 341 g/mol. The van der Waals surface area contributed by atoms with Crippen LogP contribution in [0.4, 0.5) is 0 Å². The largest absolute Gasteiger partial charge is 0.269 e. The second kappa shape index (κ2) is 4.28. The van der Waals surface area contributed by atoms with Crippen molar-refractivity contribution in [1.29, 1.82) is 0 Å². The summed E-state index contributed by atoms with van der Waals surface area (Å²) in [4.78, 5) is 26.7. The lowest BCUT2D eigenvalue weighted by Gasteiger charge is -2.26. The van der Waals surface area contributed by atoms with Crippen LogP contribution in [0.3, 0.4) is 0 Å². The predicted octanol–water partition coefficient (Wildman–Crippen LogP) is 3.73. The molecule has 2 amide bonds. The van der Waals surface area contributed by atoms with Crippen molar-refractivity contribution in [1.82, 2.24) is 4.90 Å². The molecule has 0 aromatic heterocycles. The van der Waals surface area contributed by atoms with Crippen molar-refractivity contribution < 1.29 is 9.59 Å². The molecule has 0 saturated heterocycles. The summed E-state index contributed by atoms with van der Waals surface area (Å²) in [7, 11) is 0. The summed E-state index contributed by atoms with van der Waals surface area (Å²) >= 11 is 3.46. The molecule has 2 aromatic rings. The number of imide groups is 1. The third-order valence-corrected chi connectivity index (χ3v) is 4.80. The van der Waals surface area contributed by atoms with Gasteiger partial charge in [0.05, 0.1) is 16.7 Å². The van der Waals surface area contributed by atoms with Crippen molar-refractivity contribution in [2.45, 2.75) is 18.4 Å². The fraction of sp³-hybridized carbons (Fsp3) is 0.176. The van der Waals surface area contributed by atoms with Crippen molar-refractivity contribution in [3.05, 3.63) is 69.7 Å². The van der Waals surface area contributed by atoms with Crippen LogP contribution in [0.1, 0.15) is 39.1 Å². The fourth-order valence-corrected chi connectivity index (χ4v) is 3.51. The molecule has 21 heavy (non-hydrogen) atoms. The summed E-state index contributed by atoms with van der Waals surface area (Å²) in [5.41, 5.74) is 1.59. The van der Waals surface area contributed by atoms with Crippen LogP contribution in [-0.4, -0.2) is 16.7 Å². The van der Waals surface area contributed by atoms with Crippen molar-refractivity contribution in [2.75, 3.05) is 0 Å². The molecule has 1 aliphatic heterocycles. The molecule has 104 valence electrons. The molecule has 4 rings (SSSR count). The maximum Gasteiger partial charge on any atom is 0.262 e. The number of hydrogen-bond acceptors (Lipinski definition) is 2. The van der Waals surface area contributed by atoms with Crippen LogP contribution in [0, 0.1) is 0 Å². The van der Waals surface area contributed by atoms with Gasteiger partial charge in [0, 0.05) is 4.47 Å². The lowest BCUT2D eigenvalue weighted by molar-refractivity contribution is 0.0555. The van der Waals surface area contributed by atoms with Gasteiger partial charge in [-0.25, -0.2) is 0 Å². The predicted molar refractivity (Wildman–Crippen MR) is 82.0 cm³/mol. The first kappa shape index (κ1) is 12.8. The van der Waals surface area contributed by atoms with Crippen LogP contribution in [0.15, 0.2) is 53.0 Å². The molecular weight excluding hydrogens is 330 g/mol. The maximum atomic E-state index is 12.6. The lowest BCUT2D eigenvalue weighted by Crippen LogP contribution is -2.40. The maximum absolute atomic E-state index is 12.6. The first-order valence-electron chi connectivity index (χ1n) is 6.87. The summed E-state index contributed by atoms with van der Waals surface area (Å²) in [6.45, 7) is 0. The number of carbonyl (C=O) groups excluding carboxylic acids is 2. The number of carbonyl (C=O) groups is 2. The van der Waals surface area contributed by atoms with E-state index in [9.17, 15) is 9.59 Å². The van der Waals surface area contributed by atoms with Gasteiger partial charge in [0.2, 0.25) is 0 Å². The Balaban J connectivity index is 1.82. The molecule has 0 spiro atoms. The highest BCUT2D eigenvalue weighted by Crippen LogP contribution is 2.53. The number of benzene rings is 2. The molecule has 2 aromatic carbocycles. The van der Waals surface area contributed by atoms with Crippen LogP contribution in [0.2, 0.25) is 0 Å². The molecule has 0 atom stereocenters. The van der Waals surface area contributed by atoms with E-state index in [0.717, 1.165) is 22.9 Å². The van der Waals surface area contributed by atoms with Crippen molar-refractivity contribution in [2.24, 2.45) is 0 Å². The van der Waals surface area contributed by atoms with Crippen LogP contribution in [0.25, 0.3) is 0 Å². The normalized spacial score (nSPS) is 18.8. The Morgan fingerprint density at radius 1 is 0.905 bits per heavy atom. The highest BCUT2D eigenvalue weighted by molar-refractivity contribution is 9.10. The second-order valence-corrected chi connectivity index (χ2v) is 6.45. The van der Waals surface area contributed by atoms with Crippen molar-refractivity contribution in [3.63, 3.8) is 0 Å². The van der Waals surface area contributed by atoms with E-state index in [1.165, 1.54) is 4.90 Å². The summed E-state index contributed by atoms with van der Waals surface area (Å²) in [6, 6.07) is 14.9. The molecule has 0 N–H and O–H groups in total. The van der Waals surface area contributed by atoms with E-state index in [4.69, 9.17) is 0 Å². The van der Waals surface area contributed by atoms with E-state index >= 15 is 0 Å². The molecule has 1 heterocycles. The zero-order chi connectivity index (χ0) is 14.6. The third kappa shape index (κ3) is 1.72. The molecule has 0 bridgehead atoms. The van der Waals surface area contributed by atoms with Gasteiger partial charge in [0.15, 0.2) is 0 Å². The quantitative estimate of drug-likeness (QED) is 0.780. The SMILES string of the molecule is O=C1c2ccccc2C(=O)N1C1(c2cccc(Br)c2)CC1. The molecule has 3 nitrogen and oxygen atoms in total. The third-order valence-electron chi connectivity index (χ3n) is 4.31. The van der Waals surface area contributed by atoms with E-state index < -0.39 is 5.54 Å². The average molecular weight is 342 g/mol. The summed E-state index contributed by atoms with van der Waals surface area (Å²) in [5, 5.41) is 0.